The summed E-state index contributed by atoms with van der Waals surface area (Å²) in [6, 6.07) is 0. The second-order valence-corrected chi connectivity index (χ2v) is 7.44. The third kappa shape index (κ3) is 4.13. The topological polar surface area (TPSA) is 9.23 Å². The lowest BCUT2D eigenvalue weighted by Gasteiger charge is -2.33. The molecule has 1 nitrogen and oxygen atoms in total. The summed E-state index contributed by atoms with van der Waals surface area (Å²) in [7, 11) is 0. The highest BCUT2D eigenvalue weighted by Crippen LogP contribution is 2.43. The van der Waals surface area contributed by atoms with Crippen LogP contribution in [0, 0.1) is 5.92 Å². The van der Waals surface area contributed by atoms with Crippen molar-refractivity contribution in [3.05, 3.63) is 0 Å². The standard InChI is InChI=1S/C16H29ClO/c1-13(2)12-14(17)6-7-15-8-11-16(18-15)9-4-3-5-10-16/h13-15H,3-12H2,1-2H3. The number of halogens is 1. The van der Waals surface area contributed by atoms with Crippen LogP contribution >= 0.6 is 11.6 Å². The quantitative estimate of drug-likeness (QED) is 0.617. The fourth-order valence-corrected chi connectivity index (χ4v) is 4.14. The van der Waals surface area contributed by atoms with Crippen molar-refractivity contribution in [1.82, 2.24) is 0 Å². The molecule has 1 heterocycles. The van der Waals surface area contributed by atoms with E-state index in [-0.39, 0.29) is 5.60 Å². The molecule has 18 heavy (non-hydrogen) atoms. The van der Waals surface area contributed by atoms with Crippen molar-refractivity contribution >= 4 is 11.6 Å². The Bertz CT molecular complexity index is 245. The molecule has 2 rings (SSSR count). The average Bonchev–Trinajstić information content (AvgIpc) is 2.70. The van der Waals surface area contributed by atoms with Crippen LogP contribution in [0.3, 0.4) is 0 Å². The second kappa shape index (κ2) is 6.61. The summed E-state index contributed by atoms with van der Waals surface area (Å²) < 4.78 is 6.39. The molecule has 0 radical (unpaired) electrons. The van der Waals surface area contributed by atoms with Crippen molar-refractivity contribution in [2.75, 3.05) is 0 Å². The van der Waals surface area contributed by atoms with E-state index in [2.05, 4.69) is 13.8 Å². The summed E-state index contributed by atoms with van der Waals surface area (Å²) in [6.45, 7) is 4.50. The Labute approximate surface area is 118 Å². The predicted molar refractivity (Wildman–Crippen MR) is 78.3 cm³/mol. The number of ether oxygens (including phenoxy) is 1. The molecular formula is C16H29ClO. The third-order valence-corrected chi connectivity index (χ3v) is 5.03. The van der Waals surface area contributed by atoms with E-state index >= 15 is 0 Å². The van der Waals surface area contributed by atoms with Gasteiger partial charge in [0, 0.05) is 5.38 Å². The molecule has 1 spiro atoms. The van der Waals surface area contributed by atoms with Crippen LogP contribution in [-0.4, -0.2) is 17.1 Å². The minimum atomic E-state index is 0.281. The molecule has 2 fully saturated rings. The molecular weight excluding hydrogens is 244 g/mol. The normalized spacial score (nSPS) is 29.0. The van der Waals surface area contributed by atoms with Gasteiger partial charge in [0.1, 0.15) is 0 Å². The summed E-state index contributed by atoms with van der Waals surface area (Å²) in [5.74, 6) is 0.710. The molecule has 1 aliphatic heterocycles. The Balaban J connectivity index is 1.69. The van der Waals surface area contributed by atoms with Crippen LogP contribution in [0.25, 0.3) is 0 Å². The van der Waals surface area contributed by atoms with E-state index in [0.29, 0.717) is 17.4 Å². The van der Waals surface area contributed by atoms with Crippen LogP contribution in [0.5, 0.6) is 0 Å². The molecule has 1 saturated heterocycles. The van der Waals surface area contributed by atoms with Crippen molar-refractivity contribution in [2.24, 2.45) is 5.92 Å². The first-order chi connectivity index (χ1) is 8.60. The van der Waals surface area contributed by atoms with Gasteiger partial charge in [0.05, 0.1) is 11.7 Å². The van der Waals surface area contributed by atoms with Crippen molar-refractivity contribution < 1.29 is 4.74 Å². The van der Waals surface area contributed by atoms with E-state index in [0.717, 1.165) is 12.8 Å². The highest BCUT2D eigenvalue weighted by molar-refractivity contribution is 6.20. The molecule has 0 N–H and O–H groups in total. The lowest BCUT2D eigenvalue weighted by atomic mass is 9.83. The lowest BCUT2D eigenvalue weighted by Crippen LogP contribution is -2.31. The van der Waals surface area contributed by atoms with Gasteiger partial charge in [0.25, 0.3) is 0 Å². The number of alkyl halides is 1. The zero-order chi connectivity index (χ0) is 13.0. The molecule has 1 aliphatic carbocycles. The van der Waals surface area contributed by atoms with Gasteiger partial charge in [0.15, 0.2) is 0 Å². The van der Waals surface area contributed by atoms with Crippen LogP contribution in [0.15, 0.2) is 0 Å². The van der Waals surface area contributed by atoms with E-state index in [1.807, 2.05) is 0 Å². The molecule has 2 atom stereocenters. The van der Waals surface area contributed by atoms with E-state index < -0.39 is 0 Å². The minimum absolute atomic E-state index is 0.281. The van der Waals surface area contributed by atoms with E-state index in [1.165, 1.54) is 51.4 Å². The van der Waals surface area contributed by atoms with Gasteiger partial charge >= 0.3 is 0 Å². The van der Waals surface area contributed by atoms with Gasteiger partial charge in [-0.05, 0) is 50.9 Å². The van der Waals surface area contributed by atoms with Crippen molar-refractivity contribution in [3.63, 3.8) is 0 Å². The van der Waals surface area contributed by atoms with Gasteiger partial charge < -0.3 is 4.74 Å². The van der Waals surface area contributed by atoms with Gasteiger partial charge in [-0.1, -0.05) is 33.1 Å². The van der Waals surface area contributed by atoms with Crippen molar-refractivity contribution in [2.45, 2.75) is 95.1 Å². The van der Waals surface area contributed by atoms with Gasteiger partial charge in [0.2, 0.25) is 0 Å². The first kappa shape index (κ1) is 14.7. The summed E-state index contributed by atoms with van der Waals surface area (Å²) in [5.41, 5.74) is 0.281. The number of rotatable bonds is 5. The van der Waals surface area contributed by atoms with Crippen LogP contribution in [0.4, 0.5) is 0 Å². The average molecular weight is 273 g/mol. The maximum absolute atomic E-state index is 6.39. The fraction of sp³-hybridized carbons (Fsp3) is 1.00. The molecule has 1 saturated carbocycles. The summed E-state index contributed by atoms with van der Waals surface area (Å²) in [4.78, 5) is 0. The fourth-order valence-electron chi connectivity index (χ4n) is 3.66. The second-order valence-electron chi connectivity index (χ2n) is 6.83. The zero-order valence-electron chi connectivity index (χ0n) is 12.1. The van der Waals surface area contributed by atoms with Crippen LogP contribution < -0.4 is 0 Å². The smallest absolute Gasteiger partial charge is 0.0687 e. The Morgan fingerprint density at radius 2 is 1.89 bits per heavy atom. The highest BCUT2D eigenvalue weighted by Gasteiger charge is 2.40. The van der Waals surface area contributed by atoms with Gasteiger partial charge in [-0.25, -0.2) is 0 Å². The summed E-state index contributed by atoms with van der Waals surface area (Å²) >= 11 is 6.38. The monoisotopic (exact) mass is 272 g/mol. The Morgan fingerprint density at radius 1 is 1.17 bits per heavy atom. The van der Waals surface area contributed by atoms with Gasteiger partial charge in [-0.15, -0.1) is 11.6 Å². The van der Waals surface area contributed by atoms with E-state index in [9.17, 15) is 0 Å². The Hall–Kier alpha value is 0.250. The number of hydrogen-bond acceptors (Lipinski definition) is 1. The van der Waals surface area contributed by atoms with Gasteiger partial charge in [-0.3, -0.25) is 0 Å². The zero-order valence-corrected chi connectivity index (χ0v) is 12.8. The first-order valence-corrected chi connectivity index (χ1v) is 8.35. The molecule has 0 aromatic rings. The lowest BCUT2D eigenvalue weighted by molar-refractivity contribution is -0.0660. The molecule has 0 bridgehead atoms. The van der Waals surface area contributed by atoms with Crippen molar-refractivity contribution in [1.29, 1.82) is 0 Å². The minimum Gasteiger partial charge on any atom is -0.372 e. The highest BCUT2D eigenvalue weighted by atomic mass is 35.5. The third-order valence-electron chi connectivity index (χ3n) is 4.63. The molecule has 2 unspecified atom stereocenters. The van der Waals surface area contributed by atoms with E-state index in [1.54, 1.807) is 0 Å². The van der Waals surface area contributed by atoms with Crippen LogP contribution in [0.1, 0.15) is 78.1 Å². The molecule has 0 aromatic heterocycles. The molecule has 106 valence electrons. The van der Waals surface area contributed by atoms with Crippen molar-refractivity contribution in [3.8, 4) is 0 Å². The molecule has 2 aliphatic rings. The maximum atomic E-state index is 6.39. The van der Waals surface area contributed by atoms with Crippen LogP contribution in [-0.2, 0) is 4.74 Å². The molecule has 2 heteroatoms. The molecule has 0 aromatic carbocycles. The van der Waals surface area contributed by atoms with E-state index in [4.69, 9.17) is 16.3 Å². The first-order valence-electron chi connectivity index (χ1n) is 7.91. The Morgan fingerprint density at radius 3 is 2.56 bits per heavy atom. The molecule has 0 amide bonds. The number of hydrogen-bond donors (Lipinski definition) is 0. The predicted octanol–water partition coefficient (Wildman–Crippen LogP) is 5.30. The summed E-state index contributed by atoms with van der Waals surface area (Å²) in [6.07, 6.45) is 13.3. The Kier molecular flexibility index (Phi) is 5.38. The van der Waals surface area contributed by atoms with Gasteiger partial charge in [-0.2, -0.15) is 0 Å². The maximum Gasteiger partial charge on any atom is 0.0687 e. The van der Waals surface area contributed by atoms with Crippen LogP contribution in [0.2, 0.25) is 0 Å². The summed E-state index contributed by atoms with van der Waals surface area (Å²) in [5, 5.41) is 0.344. The largest absolute Gasteiger partial charge is 0.372 e. The SMILES string of the molecule is CC(C)CC(Cl)CCC1CCC2(CCCCC2)O1.